The number of rotatable bonds is 2. The smallest absolute Gasteiger partial charge is 0.228 e. The predicted octanol–water partition coefficient (Wildman–Crippen LogP) is 2.44. The second-order valence-electron chi connectivity index (χ2n) is 5.15. The molecule has 1 N–H and O–H groups in total. The van der Waals surface area contributed by atoms with E-state index in [4.69, 9.17) is 16.3 Å². The number of nitrogens with one attached hydrogen (secondary N) is 1. The lowest BCUT2D eigenvalue weighted by molar-refractivity contribution is -0.115. The van der Waals surface area contributed by atoms with Crippen molar-refractivity contribution >= 4 is 29.0 Å². The molecule has 2 heterocycles. The molecule has 0 bridgehead atoms. The third-order valence-corrected chi connectivity index (χ3v) is 3.97. The van der Waals surface area contributed by atoms with Gasteiger partial charge in [-0.05, 0) is 31.0 Å². The van der Waals surface area contributed by atoms with Gasteiger partial charge in [-0.15, -0.1) is 0 Å². The molecule has 5 heteroatoms. The first kappa shape index (κ1) is 12.6. The highest BCUT2D eigenvalue weighted by atomic mass is 35.5. The maximum atomic E-state index is 12.4. The fourth-order valence-corrected chi connectivity index (χ4v) is 2.91. The van der Waals surface area contributed by atoms with Gasteiger partial charge >= 0.3 is 0 Å². The maximum Gasteiger partial charge on any atom is 0.228 e. The minimum atomic E-state index is -0.129. The number of benzene rings is 1. The van der Waals surface area contributed by atoms with Crippen molar-refractivity contribution < 1.29 is 14.3 Å². The summed E-state index contributed by atoms with van der Waals surface area (Å²) in [6.45, 7) is 2.41. The Balaban J connectivity index is 1.91. The molecule has 3 rings (SSSR count). The van der Waals surface area contributed by atoms with Crippen molar-refractivity contribution in [1.82, 2.24) is 0 Å². The van der Waals surface area contributed by atoms with Gasteiger partial charge in [0.1, 0.15) is 0 Å². The first-order valence-corrected chi connectivity index (χ1v) is 6.70. The molecular formula is C14H14ClNO3. The Morgan fingerprint density at radius 2 is 2.26 bits per heavy atom. The lowest BCUT2D eigenvalue weighted by Crippen LogP contribution is -2.15. The summed E-state index contributed by atoms with van der Waals surface area (Å²) in [5, 5.41) is 3.12. The van der Waals surface area contributed by atoms with Crippen molar-refractivity contribution in [2.24, 2.45) is 5.92 Å². The summed E-state index contributed by atoms with van der Waals surface area (Å²) in [5.41, 5.74) is 2.05. The second kappa shape index (κ2) is 4.62. The van der Waals surface area contributed by atoms with Crippen LogP contribution < -0.4 is 5.32 Å². The van der Waals surface area contributed by atoms with E-state index in [0.717, 1.165) is 12.0 Å². The van der Waals surface area contributed by atoms with Gasteiger partial charge in [-0.1, -0.05) is 11.6 Å². The molecule has 1 saturated heterocycles. The molecule has 2 aliphatic heterocycles. The maximum absolute atomic E-state index is 12.4. The number of carbonyl (C=O) groups is 2. The minimum absolute atomic E-state index is 0.0106. The van der Waals surface area contributed by atoms with Gasteiger partial charge in [0.15, 0.2) is 5.78 Å². The number of halogens is 1. The van der Waals surface area contributed by atoms with E-state index in [2.05, 4.69) is 5.32 Å². The lowest BCUT2D eigenvalue weighted by Gasteiger charge is -2.10. The third-order valence-electron chi connectivity index (χ3n) is 3.65. The van der Waals surface area contributed by atoms with E-state index < -0.39 is 0 Å². The van der Waals surface area contributed by atoms with Crippen LogP contribution in [0.15, 0.2) is 12.1 Å². The number of hydrogen-bond donors (Lipinski definition) is 1. The number of amides is 1. The highest BCUT2D eigenvalue weighted by Crippen LogP contribution is 2.32. The number of ether oxygens (including phenoxy) is 1. The summed E-state index contributed by atoms with van der Waals surface area (Å²) >= 11 is 6.15. The summed E-state index contributed by atoms with van der Waals surface area (Å²) in [6.07, 6.45) is 1.15. The van der Waals surface area contributed by atoms with Crippen LogP contribution in [0.4, 0.5) is 5.69 Å². The zero-order chi connectivity index (χ0) is 13.6. The van der Waals surface area contributed by atoms with Crippen LogP contribution in [0.1, 0.15) is 29.3 Å². The van der Waals surface area contributed by atoms with Crippen molar-refractivity contribution in [1.29, 1.82) is 0 Å². The van der Waals surface area contributed by atoms with Gasteiger partial charge in [0.25, 0.3) is 0 Å². The van der Waals surface area contributed by atoms with Crippen molar-refractivity contribution in [2.45, 2.75) is 25.9 Å². The average molecular weight is 280 g/mol. The summed E-state index contributed by atoms with van der Waals surface area (Å²) in [6, 6.07) is 3.40. The Kier molecular flexibility index (Phi) is 3.07. The normalized spacial score (nSPS) is 25.3. The molecular weight excluding hydrogens is 266 g/mol. The van der Waals surface area contributed by atoms with Crippen LogP contribution in [0, 0.1) is 5.92 Å². The van der Waals surface area contributed by atoms with Crippen LogP contribution >= 0.6 is 11.6 Å². The van der Waals surface area contributed by atoms with Gasteiger partial charge in [0, 0.05) is 17.2 Å². The Morgan fingerprint density at radius 3 is 2.95 bits per heavy atom. The molecule has 1 fully saturated rings. The van der Waals surface area contributed by atoms with Crippen molar-refractivity contribution in [3.8, 4) is 0 Å². The standard InChI is InChI=1S/C14H14ClNO3/c1-7-2-9(6-19-7)14(18)10-3-8-4-13(17)16-12(8)5-11(10)15/h3,5,7,9H,2,4,6H2,1H3,(H,16,17). The SMILES string of the molecule is CC1CC(C(=O)c2cc3c(cc2Cl)NC(=O)C3)CO1. The molecule has 0 spiro atoms. The molecule has 1 amide bonds. The number of anilines is 1. The van der Waals surface area contributed by atoms with E-state index in [9.17, 15) is 9.59 Å². The molecule has 2 unspecified atom stereocenters. The fourth-order valence-electron chi connectivity index (χ4n) is 2.66. The molecule has 1 aromatic carbocycles. The van der Waals surface area contributed by atoms with E-state index in [0.29, 0.717) is 29.3 Å². The zero-order valence-electron chi connectivity index (χ0n) is 10.5. The minimum Gasteiger partial charge on any atom is -0.378 e. The number of carbonyl (C=O) groups excluding carboxylic acids is 2. The Bertz CT molecular complexity index is 570. The van der Waals surface area contributed by atoms with Crippen molar-refractivity contribution in [3.05, 3.63) is 28.3 Å². The molecule has 0 radical (unpaired) electrons. The van der Waals surface area contributed by atoms with Crippen LogP contribution in [0.25, 0.3) is 0 Å². The van der Waals surface area contributed by atoms with Gasteiger partial charge in [0.2, 0.25) is 5.91 Å². The van der Waals surface area contributed by atoms with Crippen LogP contribution in [-0.2, 0) is 16.0 Å². The summed E-state index contributed by atoms with van der Waals surface area (Å²) < 4.78 is 5.43. The molecule has 2 aliphatic rings. The Hall–Kier alpha value is -1.39. The number of Topliss-reactive ketones (excluding diaryl/α,β-unsaturated/α-hetero) is 1. The van der Waals surface area contributed by atoms with Gasteiger partial charge in [-0.25, -0.2) is 0 Å². The summed E-state index contributed by atoms with van der Waals surface area (Å²) in [7, 11) is 0. The Labute approximate surface area is 116 Å². The van der Waals surface area contributed by atoms with Crippen LogP contribution in [0.5, 0.6) is 0 Å². The molecule has 1 aromatic rings. The average Bonchev–Trinajstić information content (AvgIpc) is 2.92. The molecule has 2 atom stereocenters. The summed E-state index contributed by atoms with van der Waals surface area (Å²) in [5.74, 6) is -0.180. The van der Waals surface area contributed by atoms with E-state index >= 15 is 0 Å². The van der Waals surface area contributed by atoms with Crippen LogP contribution in [-0.4, -0.2) is 24.4 Å². The molecule has 0 aromatic heterocycles. The lowest BCUT2D eigenvalue weighted by atomic mass is 9.94. The predicted molar refractivity (Wildman–Crippen MR) is 71.6 cm³/mol. The first-order chi connectivity index (χ1) is 9.04. The monoisotopic (exact) mass is 279 g/mol. The van der Waals surface area contributed by atoms with Crippen LogP contribution in [0.2, 0.25) is 5.02 Å². The topological polar surface area (TPSA) is 55.4 Å². The van der Waals surface area contributed by atoms with E-state index in [-0.39, 0.29) is 23.7 Å². The van der Waals surface area contributed by atoms with E-state index in [1.54, 1.807) is 12.1 Å². The Morgan fingerprint density at radius 1 is 1.47 bits per heavy atom. The number of ketones is 1. The third kappa shape index (κ3) is 2.26. The van der Waals surface area contributed by atoms with Crippen molar-refractivity contribution in [3.63, 3.8) is 0 Å². The number of hydrogen-bond acceptors (Lipinski definition) is 3. The molecule has 4 nitrogen and oxygen atoms in total. The number of fused-ring (bicyclic) bond motifs is 1. The quantitative estimate of drug-likeness (QED) is 0.846. The largest absolute Gasteiger partial charge is 0.378 e. The van der Waals surface area contributed by atoms with Gasteiger partial charge < -0.3 is 10.1 Å². The fraction of sp³-hybridized carbons (Fsp3) is 0.429. The molecule has 19 heavy (non-hydrogen) atoms. The second-order valence-corrected chi connectivity index (χ2v) is 5.56. The highest BCUT2D eigenvalue weighted by Gasteiger charge is 2.31. The summed E-state index contributed by atoms with van der Waals surface area (Å²) in [4.78, 5) is 23.8. The van der Waals surface area contributed by atoms with Crippen molar-refractivity contribution in [2.75, 3.05) is 11.9 Å². The first-order valence-electron chi connectivity index (χ1n) is 6.32. The molecule has 0 saturated carbocycles. The van der Waals surface area contributed by atoms with Gasteiger partial charge in [-0.2, -0.15) is 0 Å². The zero-order valence-corrected chi connectivity index (χ0v) is 11.3. The molecule has 100 valence electrons. The van der Waals surface area contributed by atoms with Gasteiger partial charge in [-0.3, -0.25) is 9.59 Å². The van der Waals surface area contributed by atoms with Crippen LogP contribution in [0.3, 0.4) is 0 Å². The van der Waals surface area contributed by atoms with E-state index in [1.807, 2.05) is 6.92 Å². The van der Waals surface area contributed by atoms with Gasteiger partial charge in [0.05, 0.1) is 24.2 Å². The highest BCUT2D eigenvalue weighted by molar-refractivity contribution is 6.34. The molecule has 0 aliphatic carbocycles. The van der Waals surface area contributed by atoms with E-state index in [1.165, 1.54) is 0 Å².